The SMILES string of the molecule is CC.CC(C)c1cnc(-c2ccc(F)cc2)nc1Nc1cccc2[nH]cc(C(=O)C(N)=O)c12. The number of hydrogen-bond acceptors (Lipinski definition) is 5. The van der Waals surface area contributed by atoms with Gasteiger partial charge in [-0.05, 0) is 42.3 Å². The molecule has 0 fully saturated rings. The summed E-state index contributed by atoms with van der Waals surface area (Å²) in [6.45, 7) is 8.03. The van der Waals surface area contributed by atoms with Crippen molar-refractivity contribution in [2.24, 2.45) is 5.73 Å². The summed E-state index contributed by atoms with van der Waals surface area (Å²) >= 11 is 0. The first-order chi connectivity index (χ1) is 15.8. The largest absolute Gasteiger partial charge is 0.363 e. The van der Waals surface area contributed by atoms with E-state index in [0.29, 0.717) is 33.8 Å². The number of rotatable bonds is 6. The highest BCUT2D eigenvalue weighted by atomic mass is 19.1. The van der Waals surface area contributed by atoms with E-state index in [-0.39, 0.29) is 17.3 Å². The van der Waals surface area contributed by atoms with Crippen LogP contribution in [0, 0.1) is 5.82 Å². The van der Waals surface area contributed by atoms with Crippen LogP contribution in [-0.2, 0) is 4.79 Å². The van der Waals surface area contributed by atoms with Gasteiger partial charge in [0.15, 0.2) is 5.82 Å². The number of aromatic amines is 1. The van der Waals surface area contributed by atoms with Crippen molar-refractivity contribution in [3.05, 3.63) is 71.8 Å². The zero-order valence-electron chi connectivity index (χ0n) is 18.9. The highest BCUT2D eigenvalue weighted by molar-refractivity contribution is 6.45. The van der Waals surface area contributed by atoms with Gasteiger partial charge in [0.1, 0.15) is 11.6 Å². The number of nitrogens with one attached hydrogen (secondary N) is 2. The summed E-state index contributed by atoms with van der Waals surface area (Å²) in [4.78, 5) is 35.8. The van der Waals surface area contributed by atoms with E-state index < -0.39 is 11.7 Å². The number of ketones is 1. The maximum atomic E-state index is 13.3. The molecule has 0 aliphatic rings. The van der Waals surface area contributed by atoms with Crippen molar-refractivity contribution in [3.63, 3.8) is 0 Å². The Kier molecular flexibility index (Phi) is 7.17. The van der Waals surface area contributed by atoms with E-state index >= 15 is 0 Å². The number of amides is 1. The summed E-state index contributed by atoms with van der Waals surface area (Å²) in [6, 6.07) is 11.3. The molecule has 0 unspecified atom stereocenters. The van der Waals surface area contributed by atoms with Gasteiger partial charge in [-0.25, -0.2) is 14.4 Å². The van der Waals surface area contributed by atoms with Crippen molar-refractivity contribution in [1.29, 1.82) is 0 Å². The molecule has 0 aliphatic carbocycles. The van der Waals surface area contributed by atoms with Crippen LogP contribution >= 0.6 is 0 Å². The van der Waals surface area contributed by atoms with Crippen LogP contribution in [0.1, 0.15) is 49.5 Å². The highest BCUT2D eigenvalue weighted by Gasteiger charge is 2.20. The van der Waals surface area contributed by atoms with Crippen LogP contribution < -0.4 is 11.1 Å². The van der Waals surface area contributed by atoms with Gasteiger partial charge < -0.3 is 16.0 Å². The van der Waals surface area contributed by atoms with E-state index in [2.05, 4.69) is 20.3 Å². The molecule has 4 rings (SSSR count). The van der Waals surface area contributed by atoms with Gasteiger partial charge in [-0.15, -0.1) is 0 Å². The number of Topliss-reactive ketones (excluding diaryl/α,β-unsaturated/α-hetero) is 1. The number of H-pyrrole nitrogens is 1. The molecular formula is C25H26FN5O2. The van der Waals surface area contributed by atoms with Gasteiger partial charge in [0.2, 0.25) is 0 Å². The number of aromatic nitrogens is 3. The first kappa shape index (κ1) is 23.6. The Hall–Kier alpha value is -4.07. The molecule has 0 saturated carbocycles. The molecule has 33 heavy (non-hydrogen) atoms. The number of benzene rings is 2. The average molecular weight is 448 g/mol. The summed E-state index contributed by atoms with van der Waals surface area (Å²) in [7, 11) is 0. The second-order valence-corrected chi connectivity index (χ2v) is 7.41. The number of halogens is 1. The number of carbonyl (C=O) groups is 2. The standard InChI is InChI=1S/C23H20FN5O2.C2H6/c1-12(2)15-10-27-22(13-6-8-14(24)9-7-13)29-23(15)28-18-5-3-4-17-19(18)16(11-26-17)20(30)21(25)31;1-2/h3-12,26H,1-2H3,(H2,25,31)(H,27,28,29);1-2H3. The zero-order chi connectivity index (χ0) is 24.1. The number of nitrogens with zero attached hydrogens (tertiary/aromatic N) is 2. The quantitative estimate of drug-likeness (QED) is 0.273. The van der Waals surface area contributed by atoms with Crippen LogP contribution in [0.25, 0.3) is 22.3 Å². The number of anilines is 2. The van der Waals surface area contributed by atoms with Crippen molar-refractivity contribution in [2.45, 2.75) is 33.6 Å². The smallest absolute Gasteiger partial charge is 0.289 e. The third-order valence-electron chi connectivity index (χ3n) is 4.97. The number of primary amides is 1. The van der Waals surface area contributed by atoms with E-state index in [4.69, 9.17) is 5.73 Å². The lowest BCUT2D eigenvalue weighted by Crippen LogP contribution is -2.22. The van der Waals surface area contributed by atoms with Crippen LogP contribution in [0.5, 0.6) is 0 Å². The van der Waals surface area contributed by atoms with Crippen LogP contribution in [0.2, 0.25) is 0 Å². The minimum Gasteiger partial charge on any atom is -0.363 e. The van der Waals surface area contributed by atoms with Gasteiger partial charge in [-0.3, -0.25) is 9.59 Å². The van der Waals surface area contributed by atoms with E-state index in [1.807, 2.05) is 33.8 Å². The lowest BCUT2D eigenvalue weighted by atomic mass is 10.0. The van der Waals surface area contributed by atoms with Crippen molar-refractivity contribution in [1.82, 2.24) is 15.0 Å². The summed E-state index contributed by atoms with van der Waals surface area (Å²) in [6.07, 6.45) is 3.20. The van der Waals surface area contributed by atoms with Crippen molar-refractivity contribution >= 4 is 34.1 Å². The van der Waals surface area contributed by atoms with E-state index in [1.165, 1.54) is 18.3 Å². The van der Waals surface area contributed by atoms with Gasteiger partial charge in [0.25, 0.3) is 11.7 Å². The maximum absolute atomic E-state index is 13.3. The van der Waals surface area contributed by atoms with Crippen molar-refractivity contribution in [2.75, 3.05) is 5.32 Å². The first-order valence-corrected chi connectivity index (χ1v) is 10.7. The number of hydrogen-bond donors (Lipinski definition) is 3. The Morgan fingerprint density at radius 1 is 1.09 bits per heavy atom. The third-order valence-corrected chi connectivity index (χ3v) is 4.97. The normalized spacial score (nSPS) is 10.6. The Morgan fingerprint density at radius 2 is 1.79 bits per heavy atom. The minimum atomic E-state index is -1.03. The fraction of sp³-hybridized carbons (Fsp3) is 0.200. The average Bonchev–Trinajstić information content (AvgIpc) is 3.25. The summed E-state index contributed by atoms with van der Waals surface area (Å²) in [5.41, 5.74) is 8.19. The zero-order valence-corrected chi connectivity index (χ0v) is 18.9. The molecule has 2 heterocycles. The van der Waals surface area contributed by atoms with E-state index in [0.717, 1.165) is 5.56 Å². The van der Waals surface area contributed by atoms with Gasteiger partial charge in [0, 0.05) is 40.1 Å². The van der Waals surface area contributed by atoms with Crippen LogP contribution in [-0.4, -0.2) is 26.6 Å². The molecule has 0 spiro atoms. The molecule has 170 valence electrons. The van der Waals surface area contributed by atoms with Crippen molar-refractivity contribution in [3.8, 4) is 11.4 Å². The first-order valence-electron chi connectivity index (χ1n) is 10.7. The van der Waals surface area contributed by atoms with Crippen molar-refractivity contribution < 1.29 is 14.0 Å². The molecule has 0 aliphatic heterocycles. The summed E-state index contributed by atoms with van der Waals surface area (Å²) in [5.74, 6) is -1.05. The molecule has 0 saturated heterocycles. The fourth-order valence-corrected chi connectivity index (χ4v) is 3.38. The Morgan fingerprint density at radius 3 is 2.42 bits per heavy atom. The molecule has 4 aromatic rings. The predicted molar refractivity (Wildman–Crippen MR) is 128 cm³/mol. The minimum absolute atomic E-state index is 0.113. The Balaban J connectivity index is 0.00000149. The van der Waals surface area contributed by atoms with Crippen LogP contribution in [0.4, 0.5) is 15.9 Å². The summed E-state index contributed by atoms with van der Waals surface area (Å²) < 4.78 is 13.3. The van der Waals surface area contributed by atoms with Crippen LogP contribution in [0.3, 0.4) is 0 Å². The third kappa shape index (κ3) is 4.90. The molecule has 7 nitrogen and oxygen atoms in total. The molecule has 2 aromatic heterocycles. The highest BCUT2D eigenvalue weighted by Crippen LogP contribution is 2.32. The van der Waals surface area contributed by atoms with Gasteiger partial charge in [-0.1, -0.05) is 33.8 Å². The molecule has 1 amide bonds. The van der Waals surface area contributed by atoms with Crippen LogP contribution in [0.15, 0.2) is 54.9 Å². The molecular weight excluding hydrogens is 421 g/mol. The van der Waals surface area contributed by atoms with Gasteiger partial charge in [-0.2, -0.15) is 0 Å². The topological polar surface area (TPSA) is 114 Å². The van der Waals surface area contributed by atoms with E-state index in [1.54, 1.807) is 30.5 Å². The number of carbonyl (C=O) groups excluding carboxylic acids is 2. The summed E-state index contributed by atoms with van der Waals surface area (Å²) in [5, 5.41) is 3.83. The second-order valence-electron chi connectivity index (χ2n) is 7.41. The Labute approximate surface area is 191 Å². The number of fused-ring (bicyclic) bond motifs is 1. The predicted octanol–water partition coefficient (Wildman–Crippen LogP) is 5.33. The molecule has 4 N–H and O–H groups in total. The monoisotopic (exact) mass is 447 g/mol. The molecule has 2 aromatic carbocycles. The maximum Gasteiger partial charge on any atom is 0.289 e. The number of nitrogens with two attached hydrogens (primary N) is 1. The molecule has 0 atom stereocenters. The molecule has 0 bridgehead atoms. The Bertz CT molecular complexity index is 1300. The molecule has 0 radical (unpaired) electrons. The van der Waals surface area contributed by atoms with Gasteiger partial charge in [0.05, 0.1) is 5.56 Å². The van der Waals surface area contributed by atoms with Gasteiger partial charge >= 0.3 is 0 Å². The lowest BCUT2D eigenvalue weighted by molar-refractivity contribution is -0.114. The van der Waals surface area contributed by atoms with E-state index in [9.17, 15) is 14.0 Å². The molecule has 8 heteroatoms. The lowest BCUT2D eigenvalue weighted by Gasteiger charge is -2.16. The second kappa shape index (κ2) is 10.0. The fourth-order valence-electron chi connectivity index (χ4n) is 3.38.